The van der Waals surface area contributed by atoms with E-state index in [1.54, 1.807) is 6.07 Å². The average Bonchev–Trinajstić information content (AvgIpc) is 2.38. The van der Waals surface area contributed by atoms with Crippen LogP contribution in [0.5, 0.6) is 0 Å². The molecule has 0 bridgehead atoms. The minimum absolute atomic E-state index is 0.0786. The Balaban J connectivity index is 2.18. The molecule has 1 aromatic carbocycles. The monoisotopic (exact) mass is 249 g/mol. The molecule has 1 unspecified atom stereocenters. The summed E-state index contributed by atoms with van der Waals surface area (Å²) in [6.45, 7) is 4.72. The minimum atomic E-state index is -0.388. The third-order valence-electron chi connectivity index (χ3n) is 3.24. The fourth-order valence-electron chi connectivity index (χ4n) is 2.22. The van der Waals surface area contributed by atoms with Crippen molar-refractivity contribution in [2.75, 3.05) is 31.1 Å². The summed E-state index contributed by atoms with van der Waals surface area (Å²) in [5.74, 6) is -0.388. The highest BCUT2D eigenvalue weighted by Gasteiger charge is 2.20. The van der Waals surface area contributed by atoms with Gasteiger partial charge in [-0.3, -0.25) is 4.79 Å². The molecule has 18 heavy (non-hydrogen) atoms. The van der Waals surface area contributed by atoms with Crippen LogP contribution in [0.3, 0.4) is 0 Å². The lowest BCUT2D eigenvalue weighted by Gasteiger charge is -2.34. The van der Waals surface area contributed by atoms with Crippen LogP contribution in [-0.2, 0) is 4.74 Å². The van der Waals surface area contributed by atoms with Gasteiger partial charge in [0.15, 0.2) is 0 Å². The van der Waals surface area contributed by atoms with Gasteiger partial charge >= 0.3 is 0 Å². The van der Waals surface area contributed by atoms with Gasteiger partial charge < -0.3 is 21.1 Å². The van der Waals surface area contributed by atoms with E-state index < -0.39 is 0 Å². The zero-order valence-electron chi connectivity index (χ0n) is 10.6. The Bertz CT molecular complexity index is 448. The number of aryl methyl sites for hydroxylation is 1. The summed E-state index contributed by atoms with van der Waals surface area (Å²) >= 11 is 0. The maximum atomic E-state index is 11.2. The normalized spacial score (nSPS) is 19.9. The van der Waals surface area contributed by atoms with Crippen LogP contribution in [-0.4, -0.2) is 38.3 Å². The second kappa shape index (κ2) is 5.37. The van der Waals surface area contributed by atoms with Crippen LogP contribution in [0.2, 0.25) is 0 Å². The van der Waals surface area contributed by atoms with E-state index in [2.05, 4.69) is 4.90 Å². The number of amides is 1. The summed E-state index contributed by atoms with van der Waals surface area (Å²) < 4.78 is 5.53. The predicted octanol–water partition coefficient (Wildman–Crippen LogP) is 0.258. The molecule has 2 rings (SSSR count). The largest absolute Gasteiger partial charge is 0.373 e. The summed E-state index contributed by atoms with van der Waals surface area (Å²) in [6, 6.07) is 5.69. The van der Waals surface area contributed by atoms with Crippen molar-refractivity contribution in [2.24, 2.45) is 11.5 Å². The Morgan fingerprint density at radius 1 is 1.56 bits per heavy atom. The van der Waals surface area contributed by atoms with Gasteiger partial charge in [-0.25, -0.2) is 0 Å². The van der Waals surface area contributed by atoms with E-state index in [9.17, 15) is 4.79 Å². The number of nitrogens with zero attached hydrogens (tertiary/aromatic N) is 1. The van der Waals surface area contributed by atoms with Crippen LogP contribution in [0.25, 0.3) is 0 Å². The molecule has 0 aliphatic carbocycles. The van der Waals surface area contributed by atoms with E-state index in [0.29, 0.717) is 18.7 Å². The van der Waals surface area contributed by atoms with Crippen molar-refractivity contribution < 1.29 is 9.53 Å². The topological polar surface area (TPSA) is 81.6 Å². The lowest BCUT2D eigenvalue weighted by Crippen LogP contribution is -2.45. The molecule has 1 fully saturated rings. The van der Waals surface area contributed by atoms with Crippen molar-refractivity contribution in [2.45, 2.75) is 13.0 Å². The number of anilines is 1. The SMILES string of the molecule is Cc1cc(N2CCOC(CN)C2)ccc1C(N)=O. The lowest BCUT2D eigenvalue weighted by molar-refractivity contribution is 0.0465. The molecule has 0 aromatic heterocycles. The molecule has 1 aromatic rings. The molecule has 0 radical (unpaired) electrons. The highest BCUT2D eigenvalue weighted by Crippen LogP contribution is 2.21. The molecule has 1 aliphatic heterocycles. The predicted molar refractivity (Wildman–Crippen MR) is 70.7 cm³/mol. The van der Waals surface area contributed by atoms with E-state index in [1.807, 2.05) is 19.1 Å². The van der Waals surface area contributed by atoms with Crippen LogP contribution in [0, 0.1) is 6.92 Å². The number of benzene rings is 1. The molecule has 1 saturated heterocycles. The Labute approximate surface area is 107 Å². The first-order valence-corrected chi connectivity index (χ1v) is 6.09. The number of carbonyl (C=O) groups excluding carboxylic acids is 1. The van der Waals surface area contributed by atoms with Crippen LogP contribution in [0.15, 0.2) is 18.2 Å². The second-order valence-electron chi connectivity index (χ2n) is 4.54. The zero-order chi connectivity index (χ0) is 13.1. The zero-order valence-corrected chi connectivity index (χ0v) is 10.6. The van der Waals surface area contributed by atoms with Gasteiger partial charge in [-0.05, 0) is 30.7 Å². The number of hydrogen-bond acceptors (Lipinski definition) is 4. The van der Waals surface area contributed by atoms with Crippen molar-refractivity contribution in [3.63, 3.8) is 0 Å². The quantitative estimate of drug-likeness (QED) is 0.805. The Morgan fingerprint density at radius 2 is 2.33 bits per heavy atom. The van der Waals surface area contributed by atoms with Crippen molar-refractivity contribution in [3.8, 4) is 0 Å². The molecule has 98 valence electrons. The van der Waals surface area contributed by atoms with Crippen LogP contribution < -0.4 is 16.4 Å². The van der Waals surface area contributed by atoms with Crippen molar-refractivity contribution in [1.29, 1.82) is 0 Å². The minimum Gasteiger partial charge on any atom is -0.373 e. The van der Waals surface area contributed by atoms with Gasteiger partial charge in [-0.15, -0.1) is 0 Å². The van der Waals surface area contributed by atoms with Gasteiger partial charge in [-0.2, -0.15) is 0 Å². The molecule has 1 heterocycles. The molecule has 0 saturated carbocycles. The van der Waals surface area contributed by atoms with Gasteiger partial charge in [0.25, 0.3) is 0 Å². The molecule has 5 nitrogen and oxygen atoms in total. The Kier molecular flexibility index (Phi) is 3.84. The third-order valence-corrected chi connectivity index (χ3v) is 3.24. The summed E-state index contributed by atoms with van der Waals surface area (Å²) in [7, 11) is 0. The molecule has 1 amide bonds. The molecular weight excluding hydrogens is 230 g/mol. The van der Waals surface area contributed by atoms with E-state index in [0.717, 1.165) is 24.3 Å². The second-order valence-corrected chi connectivity index (χ2v) is 4.54. The fourth-order valence-corrected chi connectivity index (χ4v) is 2.22. The average molecular weight is 249 g/mol. The van der Waals surface area contributed by atoms with Gasteiger partial charge in [-0.1, -0.05) is 0 Å². The molecular formula is C13H19N3O2. The number of morpholine rings is 1. The summed E-state index contributed by atoms with van der Waals surface area (Å²) in [4.78, 5) is 13.4. The third kappa shape index (κ3) is 2.63. The first kappa shape index (κ1) is 12.9. The summed E-state index contributed by atoms with van der Waals surface area (Å²) in [5, 5.41) is 0. The van der Waals surface area contributed by atoms with Gasteiger partial charge in [0.1, 0.15) is 0 Å². The number of primary amides is 1. The maximum Gasteiger partial charge on any atom is 0.248 e. The van der Waals surface area contributed by atoms with Crippen LogP contribution in [0.1, 0.15) is 15.9 Å². The molecule has 0 spiro atoms. The number of nitrogens with two attached hydrogens (primary N) is 2. The molecule has 1 atom stereocenters. The summed E-state index contributed by atoms with van der Waals surface area (Å²) in [5.41, 5.74) is 13.5. The smallest absolute Gasteiger partial charge is 0.248 e. The first-order valence-electron chi connectivity index (χ1n) is 6.09. The molecule has 5 heteroatoms. The Hall–Kier alpha value is -1.59. The van der Waals surface area contributed by atoms with E-state index >= 15 is 0 Å². The van der Waals surface area contributed by atoms with Crippen LogP contribution >= 0.6 is 0 Å². The maximum absolute atomic E-state index is 11.2. The van der Waals surface area contributed by atoms with E-state index in [-0.39, 0.29) is 12.0 Å². The van der Waals surface area contributed by atoms with Crippen molar-refractivity contribution in [3.05, 3.63) is 29.3 Å². The van der Waals surface area contributed by atoms with E-state index in [4.69, 9.17) is 16.2 Å². The van der Waals surface area contributed by atoms with Crippen molar-refractivity contribution in [1.82, 2.24) is 0 Å². The van der Waals surface area contributed by atoms with E-state index in [1.165, 1.54) is 0 Å². The van der Waals surface area contributed by atoms with Gasteiger partial charge in [0.05, 0.1) is 12.7 Å². The number of hydrogen-bond donors (Lipinski definition) is 2. The highest BCUT2D eigenvalue weighted by atomic mass is 16.5. The molecule has 1 aliphatic rings. The number of carbonyl (C=O) groups is 1. The van der Waals surface area contributed by atoms with Gasteiger partial charge in [0.2, 0.25) is 5.91 Å². The summed E-state index contributed by atoms with van der Waals surface area (Å²) in [6.07, 6.45) is 0.0786. The van der Waals surface area contributed by atoms with Gasteiger partial charge in [0, 0.05) is 30.9 Å². The highest BCUT2D eigenvalue weighted by molar-refractivity contribution is 5.94. The Morgan fingerprint density at radius 3 is 2.94 bits per heavy atom. The fraction of sp³-hybridized carbons (Fsp3) is 0.462. The lowest BCUT2D eigenvalue weighted by atomic mass is 10.1. The van der Waals surface area contributed by atoms with Crippen molar-refractivity contribution >= 4 is 11.6 Å². The standard InChI is InChI=1S/C13H19N3O2/c1-9-6-10(2-3-12(9)13(15)17)16-4-5-18-11(7-14)8-16/h2-3,6,11H,4-5,7-8,14H2,1H3,(H2,15,17). The molecule has 4 N–H and O–H groups in total. The number of ether oxygens (including phenoxy) is 1. The number of rotatable bonds is 3. The first-order chi connectivity index (χ1) is 8.61. The van der Waals surface area contributed by atoms with Crippen LogP contribution in [0.4, 0.5) is 5.69 Å².